The second-order valence-electron chi connectivity index (χ2n) is 0.833. The van der Waals surface area contributed by atoms with Gasteiger partial charge in [-0.05, 0) is 0 Å². The van der Waals surface area contributed by atoms with E-state index in [1.54, 1.807) is 0 Å². The Kier molecular flexibility index (Phi) is 4.28. The van der Waals surface area contributed by atoms with Gasteiger partial charge in [-0.15, -0.1) is 0 Å². The van der Waals surface area contributed by atoms with Gasteiger partial charge in [-0.1, -0.05) is 15.9 Å². The molecule has 0 rings (SSSR count). The van der Waals surface area contributed by atoms with Crippen molar-refractivity contribution in [3.05, 3.63) is 0 Å². The van der Waals surface area contributed by atoms with Gasteiger partial charge in [0.25, 0.3) is 0 Å². The summed E-state index contributed by atoms with van der Waals surface area (Å²) in [5.41, 5.74) is 0. The Morgan fingerprint density at radius 2 is 2.33 bits per heavy atom. The molecule has 0 saturated carbocycles. The molecule has 6 heavy (non-hydrogen) atoms. The number of rotatable bonds is 2. The zero-order valence-electron chi connectivity index (χ0n) is 3.15. The molecule has 0 bridgehead atoms. The Morgan fingerprint density at radius 1 is 1.83 bits per heavy atom. The Morgan fingerprint density at radius 3 is 2.33 bits per heavy atom. The van der Waals surface area contributed by atoms with Gasteiger partial charge in [0.1, 0.15) is 0 Å². The van der Waals surface area contributed by atoms with E-state index in [-0.39, 0.29) is 0 Å². The summed E-state index contributed by atoms with van der Waals surface area (Å²) in [4.78, 5) is 8.07. The minimum absolute atomic E-state index is 0.394. The van der Waals surface area contributed by atoms with Crippen LogP contribution in [0.25, 0.3) is 0 Å². The third kappa shape index (κ3) is 4.67. The molecule has 0 aromatic heterocycles. The summed E-state index contributed by atoms with van der Waals surface area (Å²) in [5, 5.41) is 0.626. The Hall–Kier alpha value is 0.670. The van der Waals surface area contributed by atoms with Crippen LogP contribution in [0.4, 0.5) is 0 Å². The summed E-state index contributed by atoms with van der Waals surface area (Å²) in [6, 6.07) is 0. The Balaban J connectivity index is 2.83. The highest BCUT2D eigenvalue weighted by Crippen LogP contribution is 2.11. The van der Waals surface area contributed by atoms with Crippen LogP contribution in [-0.4, -0.2) is 16.4 Å². The maximum absolute atomic E-state index is 9.75. The van der Waals surface area contributed by atoms with Crippen molar-refractivity contribution in [3.8, 4) is 0 Å². The lowest BCUT2D eigenvalue weighted by Gasteiger charge is -1.80. The smallest absolute Gasteiger partial charge is 0.189 e. The molecule has 0 fully saturated rings. The first kappa shape index (κ1) is 6.67. The van der Waals surface area contributed by atoms with Crippen molar-refractivity contribution in [2.45, 2.75) is 0 Å². The maximum atomic E-state index is 9.75. The monoisotopic (exact) mass is 172 g/mol. The van der Waals surface area contributed by atoms with E-state index in [0.29, 0.717) is 11.5 Å². The fourth-order valence-electron chi connectivity index (χ4n) is 0.0808. The van der Waals surface area contributed by atoms with Crippen LogP contribution in [-0.2, 0) is 4.57 Å². The average Bonchev–Trinajstić information content (AvgIpc) is 1.35. The number of hydrogen-bond donors (Lipinski definition) is 1. The summed E-state index contributed by atoms with van der Waals surface area (Å²) >= 11 is 3.02. The topological polar surface area (TPSA) is 37.3 Å². The highest BCUT2D eigenvalue weighted by molar-refractivity contribution is 9.09. The van der Waals surface area contributed by atoms with Gasteiger partial charge in [-0.2, -0.15) is 0 Å². The van der Waals surface area contributed by atoms with E-state index in [1.165, 1.54) is 0 Å². The molecule has 0 spiro atoms. The first-order valence-electron chi connectivity index (χ1n) is 1.55. The molecule has 0 saturated heterocycles. The average molecular weight is 173 g/mol. The zero-order chi connectivity index (χ0) is 4.99. The van der Waals surface area contributed by atoms with Gasteiger partial charge in [0.15, 0.2) is 8.03 Å². The van der Waals surface area contributed by atoms with Crippen molar-refractivity contribution >= 4 is 24.0 Å². The van der Waals surface area contributed by atoms with Crippen LogP contribution >= 0.6 is 24.0 Å². The van der Waals surface area contributed by atoms with Crippen molar-refractivity contribution in [2.24, 2.45) is 0 Å². The summed E-state index contributed by atoms with van der Waals surface area (Å²) in [6.45, 7) is 0. The second-order valence-corrected chi connectivity index (χ2v) is 2.91. The molecule has 0 amide bonds. The quantitative estimate of drug-likeness (QED) is 0.496. The third-order valence-electron chi connectivity index (χ3n) is 0.308. The highest BCUT2D eigenvalue weighted by atomic mass is 79.9. The molecule has 0 heterocycles. The molecule has 4 heteroatoms. The van der Waals surface area contributed by atoms with E-state index >= 15 is 0 Å². The standard InChI is InChI=1S/C2H6BrO2P/c3-1-2-6(4)5/h6H,1-2H2,(H,4,5). The summed E-state index contributed by atoms with van der Waals surface area (Å²) in [6.07, 6.45) is 0.394. The second kappa shape index (κ2) is 3.85. The van der Waals surface area contributed by atoms with Crippen LogP contribution in [0.15, 0.2) is 0 Å². The van der Waals surface area contributed by atoms with E-state index in [4.69, 9.17) is 4.89 Å². The third-order valence-corrected chi connectivity index (χ3v) is 2.11. The summed E-state index contributed by atoms with van der Waals surface area (Å²) < 4.78 is 9.75. The molecule has 2 nitrogen and oxygen atoms in total. The van der Waals surface area contributed by atoms with Gasteiger partial charge >= 0.3 is 0 Å². The number of halogens is 1. The zero-order valence-corrected chi connectivity index (χ0v) is 5.73. The first-order valence-corrected chi connectivity index (χ1v) is 4.23. The van der Waals surface area contributed by atoms with Gasteiger partial charge in [0.05, 0.1) is 0 Å². The molecule has 0 aromatic carbocycles. The Labute approximate surface area is 45.6 Å². The maximum Gasteiger partial charge on any atom is 0.189 e. The predicted octanol–water partition coefficient (Wildman–Crippen LogP) is 0.848. The van der Waals surface area contributed by atoms with Crippen LogP contribution in [0, 0.1) is 0 Å². The molecule has 0 radical (unpaired) electrons. The minimum atomic E-state index is -2.18. The summed E-state index contributed by atoms with van der Waals surface area (Å²) in [7, 11) is -2.18. The van der Waals surface area contributed by atoms with Crippen molar-refractivity contribution in [3.63, 3.8) is 0 Å². The summed E-state index contributed by atoms with van der Waals surface area (Å²) in [5.74, 6) is 0. The fraction of sp³-hybridized carbons (Fsp3) is 1.00. The lowest BCUT2D eigenvalue weighted by atomic mass is 11.0. The normalized spacial score (nSPS) is 14.3. The van der Waals surface area contributed by atoms with Crippen molar-refractivity contribution in [1.82, 2.24) is 0 Å². The van der Waals surface area contributed by atoms with Crippen LogP contribution < -0.4 is 0 Å². The molecular weight excluding hydrogens is 167 g/mol. The largest absolute Gasteiger partial charge is 0.346 e. The lowest BCUT2D eigenvalue weighted by Crippen LogP contribution is -1.72. The van der Waals surface area contributed by atoms with Crippen LogP contribution in [0.5, 0.6) is 0 Å². The molecule has 1 unspecified atom stereocenters. The molecule has 1 N–H and O–H groups in total. The predicted molar refractivity (Wildman–Crippen MR) is 29.9 cm³/mol. The van der Waals surface area contributed by atoms with E-state index < -0.39 is 8.03 Å². The van der Waals surface area contributed by atoms with E-state index in [2.05, 4.69) is 15.9 Å². The van der Waals surface area contributed by atoms with E-state index in [9.17, 15) is 4.57 Å². The van der Waals surface area contributed by atoms with Gasteiger partial charge in [-0.3, -0.25) is 4.57 Å². The van der Waals surface area contributed by atoms with Crippen molar-refractivity contribution in [1.29, 1.82) is 0 Å². The van der Waals surface area contributed by atoms with Crippen LogP contribution in [0.2, 0.25) is 0 Å². The minimum Gasteiger partial charge on any atom is -0.346 e. The molecule has 1 atom stereocenters. The van der Waals surface area contributed by atoms with Gasteiger partial charge in [0, 0.05) is 11.5 Å². The molecule has 38 valence electrons. The van der Waals surface area contributed by atoms with Crippen molar-refractivity contribution in [2.75, 3.05) is 11.5 Å². The molecular formula is C2H6BrO2P. The SMILES string of the molecule is O=[PH](O)CCBr. The molecule has 0 aliphatic heterocycles. The fourth-order valence-corrected chi connectivity index (χ4v) is 1.26. The molecule has 0 aliphatic rings. The van der Waals surface area contributed by atoms with Gasteiger partial charge in [0.2, 0.25) is 0 Å². The number of hydrogen-bond acceptors (Lipinski definition) is 1. The van der Waals surface area contributed by atoms with Crippen LogP contribution in [0.3, 0.4) is 0 Å². The van der Waals surface area contributed by atoms with Crippen molar-refractivity contribution < 1.29 is 9.46 Å². The molecule has 0 aromatic rings. The van der Waals surface area contributed by atoms with Gasteiger partial charge < -0.3 is 4.89 Å². The van der Waals surface area contributed by atoms with Gasteiger partial charge in [-0.25, -0.2) is 0 Å². The molecule has 0 aliphatic carbocycles. The Bertz CT molecular complexity index is 55.5. The number of alkyl halides is 1. The highest BCUT2D eigenvalue weighted by Gasteiger charge is 1.84. The first-order chi connectivity index (χ1) is 2.77. The van der Waals surface area contributed by atoms with E-state index in [0.717, 1.165) is 0 Å². The van der Waals surface area contributed by atoms with Crippen LogP contribution in [0.1, 0.15) is 0 Å². The lowest BCUT2D eigenvalue weighted by molar-refractivity contribution is 0.505. The van der Waals surface area contributed by atoms with E-state index in [1.807, 2.05) is 0 Å².